The predicted octanol–water partition coefficient (Wildman–Crippen LogP) is 4.45. The summed E-state index contributed by atoms with van der Waals surface area (Å²) >= 11 is 1.99. The highest BCUT2D eigenvalue weighted by Gasteiger charge is 2.10. The highest BCUT2D eigenvalue weighted by Crippen LogP contribution is 2.26. The standard InChI is InChI=1S/C12H23S/c1-13-11-10-12-8-6-4-2-3-5-7-9-12/h2-11H2,1H3. The number of rotatable bonds is 3. The molecule has 1 rings (SSSR count). The summed E-state index contributed by atoms with van der Waals surface area (Å²) in [6, 6.07) is 0. The zero-order valence-electron chi connectivity index (χ0n) is 8.98. The van der Waals surface area contributed by atoms with E-state index < -0.39 is 0 Å². The molecule has 0 aromatic carbocycles. The van der Waals surface area contributed by atoms with E-state index in [1.165, 1.54) is 63.5 Å². The Bertz CT molecular complexity index is 102. The van der Waals surface area contributed by atoms with Gasteiger partial charge in [-0.15, -0.1) is 0 Å². The fourth-order valence-electron chi connectivity index (χ4n) is 2.08. The molecule has 1 heteroatoms. The van der Waals surface area contributed by atoms with E-state index in [1.54, 1.807) is 0 Å². The predicted molar refractivity (Wildman–Crippen MR) is 63.2 cm³/mol. The van der Waals surface area contributed by atoms with Crippen LogP contribution in [0.5, 0.6) is 0 Å². The summed E-state index contributed by atoms with van der Waals surface area (Å²) in [6.45, 7) is 0. The fourth-order valence-corrected chi connectivity index (χ4v) is 2.57. The van der Waals surface area contributed by atoms with Gasteiger partial charge in [0, 0.05) is 0 Å². The van der Waals surface area contributed by atoms with E-state index in [0.717, 1.165) is 0 Å². The largest absolute Gasteiger partial charge is 0.165 e. The normalized spacial score (nSPS) is 21.9. The van der Waals surface area contributed by atoms with Crippen LogP contribution in [0.3, 0.4) is 0 Å². The monoisotopic (exact) mass is 199 g/mol. The Morgan fingerprint density at radius 3 is 2.00 bits per heavy atom. The first-order chi connectivity index (χ1) is 6.43. The molecule has 0 spiro atoms. The van der Waals surface area contributed by atoms with E-state index in [-0.39, 0.29) is 0 Å². The zero-order valence-corrected chi connectivity index (χ0v) is 9.80. The summed E-state index contributed by atoms with van der Waals surface area (Å²) in [7, 11) is 0. The first kappa shape index (κ1) is 11.4. The summed E-state index contributed by atoms with van der Waals surface area (Å²) in [5.41, 5.74) is 0. The topological polar surface area (TPSA) is 0 Å². The lowest BCUT2D eigenvalue weighted by Gasteiger charge is -2.13. The number of thioether (sulfide) groups is 1. The van der Waals surface area contributed by atoms with Crippen molar-refractivity contribution < 1.29 is 0 Å². The van der Waals surface area contributed by atoms with E-state index in [0.29, 0.717) is 0 Å². The van der Waals surface area contributed by atoms with E-state index >= 15 is 0 Å². The molecule has 1 aliphatic carbocycles. The molecule has 1 saturated carbocycles. The maximum atomic E-state index is 2.22. The molecule has 0 N–H and O–H groups in total. The quantitative estimate of drug-likeness (QED) is 0.647. The molecule has 0 heterocycles. The van der Waals surface area contributed by atoms with Gasteiger partial charge in [-0.2, -0.15) is 11.8 Å². The molecule has 1 radical (unpaired) electrons. The van der Waals surface area contributed by atoms with Gasteiger partial charge in [-0.25, -0.2) is 0 Å². The van der Waals surface area contributed by atoms with Crippen LogP contribution >= 0.6 is 11.8 Å². The summed E-state index contributed by atoms with van der Waals surface area (Å²) < 4.78 is 0. The Morgan fingerprint density at radius 2 is 1.46 bits per heavy atom. The van der Waals surface area contributed by atoms with Crippen LogP contribution in [0.25, 0.3) is 0 Å². The average molecular weight is 199 g/mol. The minimum absolute atomic E-state index is 1.34. The molecule has 0 bridgehead atoms. The third-order valence-electron chi connectivity index (χ3n) is 2.97. The minimum atomic E-state index is 1.34. The second-order valence-corrected chi connectivity index (χ2v) is 5.10. The molecule has 0 saturated heterocycles. The Labute approximate surface area is 87.9 Å². The van der Waals surface area contributed by atoms with E-state index in [9.17, 15) is 0 Å². The van der Waals surface area contributed by atoms with Gasteiger partial charge in [0.1, 0.15) is 0 Å². The molecule has 0 aliphatic heterocycles. The minimum Gasteiger partial charge on any atom is -0.165 e. The molecule has 0 aromatic heterocycles. The fraction of sp³-hybridized carbons (Fsp3) is 0.917. The summed E-state index contributed by atoms with van der Waals surface area (Å²) in [5.74, 6) is 3.20. The van der Waals surface area contributed by atoms with Gasteiger partial charge in [0.15, 0.2) is 0 Å². The maximum absolute atomic E-state index is 2.22. The van der Waals surface area contributed by atoms with E-state index in [1.807, 2.05) is 17.7 Å². The van der Waals surface area contributed by atoms with Crippen molar-refractivity contribution in [2.24, 2.45) is 0 Å². The first-order valence-electron chi connectivity index (χ1n) is 5.76. The van der Waals surface area contributed by atoms with Gasteiger partial charge in [0.2, 0.25) is 0 Å². The van der Waals surface area contributed by atoms with Crippen LogP contribution in [0.1, 0.15) is 57.8 Å². The molecule has 13 heavy (non-hydrogen) atoms. The van der Waals surface area contributed by atoms with Crippen molar-refractivity contribution in [2.75, 3.05) is 12.0 Å². The van der Waals surface area contributed by atoms with Crippen molar-refractivity contribution in [3.8, 4) is 0 Å². The van der Waals surface area contributed by atoms with Gasteiger partial charge in [-0.05, 0) is 37.2 Å². The van der Waals surface area contributed by atoms with Crippen LogP contribution in [0.2, 0.25) is 0 Å². The second-order valence-electron chi connectivity index (χ2n) is 4.11. The van der Waals surface area contributed by atoms with Crippen molar-refractivity contribution in [3.05, 3.63) is 5.92 Å². The van der Waals surface area contributed by atoms with Gasteiger partial charge in [0.25, 0.3) is 0 Å². The van der Waals surface area contributed by atoms with Crippen LogP contribution in [0.4, 0.5) is 0 Å². The molecule has 77 valence electrons. The maximum Gasteiger partial charge on any atom is -0.00648 e. The van der Waals surface area contributed by atoms with E-state index in [4.69, 9.17) is 0 Å². The summed E-state index contributed by atoms with van der Waals surface area (Å²) in [5, 5.41) is 0. The van der Waals surface area contributed by atoms with Crippen molar-refractivity contribution in [2.45, 2.75) is 57.8 Å². The third-order valence-corrected chi connectivity index (χ3v) is 3.58. The van der Waals surface area contributed by atoms with Crippen LogP contribution in [0.15, 0.2) is 0 Å². The molecule has 0 amide bonds. The molecule has 1 aliphatic rings. The van der Waals surface area contributed by atoms with Crippen molar-refractivity contribution in [3.63, 3.8) is 0 Å². The highest BCUT2D eigenvalue weighted by molar-refractivity contribution is 7.98. The Kier molecular flexibility index (Phi) is 6.79. The lowest BCUT2D eigenvalue weighted by Crippen LogP contribution is -1.99. The van der Waals surface area contributed by atoms with Crippen molar-refractivity contribution >= 4 is 11.8 Å². The van der Waals surface area contributed by atoms with Crippen LogP contribution in [0, 0.1) is 5.92 Å². The van der Waals surface area contributed by atoms with Crippen LogP contribution in [-0.2, 0) is 0 Å². The number of hydrogen-bond acceptors (Lipinski definition) is 1. The van der Waals surface area contributed by atoms with Crippen molar-refractivity contribution in [1.29, 1.82) is 0 Å². The Balaban J connectivity index is 2.16. The smallest absolute Gasteiger partial charge is 0.00648 e. The van der Waals surface area contributed by atoms with Crippen LogP contribution < -0.4 is 0 Å². The second kappa shape index (κ2) is 7.73. The lowest BCUT2D eigenvalue weighted by molar-refractivity contribution is 0.624. The zero-order chi connectivity index (χ0) is 9.36. The average Bonchev–Trinajstić information content (AvgIpc) is 2.28. The Morgan fingerprint density at radius 1 is 0.923 bits per heavy atom. The van der Waals surface area contributed by atoms with Gasteiger partial charge >= 0.3 is 0 Å². The molecule has 1 fully saturated rings. The molecule has 0 nitrogen and oxygen atoms in total. The van der Waals surface area contributed by atoms with Gasteiger partial charge in [-0.3, -0.25) is 0 Å². The SMILES string of the molecule is CSCC[C]1CCCCCCCC1. The highest BCUT2D eigenvalue weighted by atomic mass is 32.2. The molecule has 0 unspecified atom stereocenters. The van der Waals surface area contributed by atoms with E-state index in [2.05, 4.69) is 6.26 Å². The number of hydrogen-bond donors (Lipinski definition) is 0. The van der Waals surface area contributed by atoms with Crippen LogP contribution in [-0.4, -0.2) is 12.0 Å². The first-order valence-corrected chi connectivity index (χ1v) is 7.15. The third kappa shape index (κ3) is 5.61. The molecule has 0 aromatic rings. The molecule has 0 atom stereocenters. The molecular formula is C12H23S. The van der Waals surface area contributed by atoms with Gasteiger partial charge < -0.3 is 0 Å². The van der Waals surface area contributed by atoms with Gasteiger partial charge in [-0.1, -0.05) is 38.5 Å². The lowest BCUT2D eigenvalue weighted by atomic mass is 9.94. The van der Waals surface area contributed by atoms with Crippen molar-refractivity contribution in [1.82, 2.24) is 0 Å². The summed E-state index contributed by atoms with van der Waals surface area (Å²) in [4.78, 5) is 0. The summed E-state index contributed by atoms with van der Waals surface area (Å²) in [6.07, 6.45) is 15.3. The Hall–Kier alpha value is 0.350. The molecular weight excluding hydrogens is 176 g/mol. The van der Waals surface area contributed by atoms with Gasteiger partial charge in [0.05, 0.1) is 0 Å².